The lowest BCUT2D eigenvalue weighted by molar-refractivity contribution is -0.676. The smallest absolute Gasteiger partial charge is 0.408 e. The molecule has 2 rings (SSSR count). The molecule has 5 heteroatoms. The molecule has 0 bridgehead atoms. The van der Waals surface area contributed by atoms with Crippen molar-refractivity contribution in [2.75, 3.05) is 0 Å². The minimum atomic E-state index is -0.484. The lowest BCUT2D eigenvalue weighted by atomic mass is 10.2. The minimum absolute atomic E-state index is 0.386. The molecule has 1 amide bonds. The number of hydrogen-bond donors (Lipinski definition) is 1. The van der Waals surface area contributed by atoms with Gasteiger partial charge in [-0.05, 0) is 46.8 Å². The highest BCUT2D eigenvalue weighted by molar-refractivity contribution is 5.72. The van der Waals surface area contributed by atoms with Gasteiger partial charge in [0.1, 0.15) is 12.1 Å². The maximum atomic E-state index is 11.9. The van der Waals surface area contributed by atoms with Crippen LogP contribution in [0.4, 0.5) is 4.79 Å². The molecule has 0 aliphatic rings. The summed E-state index contributed by atoms with van der Waals surface area (Å²) in [5.74, 6) is 1.08. The van der Waals surface area contributed by atoms with Crippen molar-refractivity contribution in [2.45, 2.75) is 59.9 Å². The van der Waals surface area contributed by atoms with E-state index >= 15 is 0 Å². The first-order valence-corrected chi connectivity index (χ1v) is 7.84. The number of aryl methyl sites for hydroxylation is 2. The van der Waals surface area contributed by atoms with E-state index in [2.05, 4.69) is 40.4 Å². The van der Waals surface area contributed by atoms with Gasteiger partial charge in [0.25, 0.3) is 5.82 Å². The Kier molecular flexibility index (Phi) is 4.74. The Hall–Kier alpha value is -2.04. The summed E-state index contributed by atoms with van der Waals surface area (Å²) in [7, 11) is 0. The Morgan fingerprint density at radius 3 is 2.55 bits per heavy atom. The predicted molar refractivity (Wildman–Crippen MR) is 86.6 cm³/mol. The fourth-order valence-corrected chi connectivity index (χ4v) is 2.71. The van der Waals surface area contributed by atoms with Gasteiger partial charge in [-0.3, -0.25) is 0 Å². The minimum Gasteiger partial charge on any atom is -0.444 e. The molecule has 1 aromatic heterocycles. The molecule has 22 heavy (non-hydrogen) atoms. The molecule has 0 aliphatic heterocycles. The number of amides is 1. The molecule has 1 heterocycles. The lowest BCUT2D eigenvalue weighted by Gasteiger charge is -2.19. The molecule has 2 aromatic rings. The van der Waals surface area contributed by atoms with E-state index in [0.717, 1.165) is 18.9 Å². The van der Waals surface area contributed by atoms with Crippen molar-refractivity contribution in [3.8, 4) is 0 Å². The number of ether oxygens (including phenoxy) is 1. The number of imidazole rings is 1. The van der Waals surface area contributed by atoms with E-state index < -0.39 is 5.60 Å². The number of aromatic nitrogens is 2. The van der Waals surface area contributed by atoms with Gasteiger partial charge >= 0.3 is 6.09 Å². The maximum Gasteiger partial charge on any atom is 0.408 e. The molecule has 0 aliphatic carbocycles. The van der Waals surface area contributed by atoms with Crippen LogP contribution in [0.25, 0.3) is 11.0 Å². The topological polar surface area (TPSA) is 47.1 Å². The van der Waals surface area contributed by atoms with E-state index in [1.165, 1.54) is 11.0 Å². The number of nitrogens with one attached hydrogen (secondary N) is 1. The van der Waals surface area contributed by atoms with Gasteiger partial charge in [-0.1, -0.05) is 12.1 Å². The zero-order valence-corrected chi connectivity index (χ0v) is 14.1. The third kappa shape index (κ3) is 3.40. The molecule has 0 spiro atoms. The standard InChI is InChI=1S/C17H25N3O2/c1-6-19-13-10-8-9-11-14(13)20(7-2)15(19)12-18-16(21)22-17(3,4)5/h8-11H,6-7,12H2,1-5H3/p+1. The van der Waals surface area contributed by atoms with Gasteiger partial charge in [0, 0.05) is 0 Å². The zero-order chi connectivity index (χ0) is 16.3. The van der Waals surface area contributed by atoms with E-state index in [1.54, 1.807) is 0 Å². The van der Waals surface area contributed by atoms with Gasteiger partial charge < -0.3 is 10.1 Å². The lowest BCUT2D eigenvalue weighted by Crippen LogP contribution is -2.41. The van der Waals surface area contributed by atoms with Gasteiger partial charge in [0.05, 0.1) is 13.1 Å². The predicted octanol–water partition coefficient (Wildman–Crippen LogP) is 2.99. The number of benzene rings is 1. The van der Waals surface area contributed by atoms with Crippen LogP contribution in [0.5, 0.6) is 0 Å². The first-order chi connectivity index (χ1) is 10.4. The summed E-state index contributed by atoms with van der Waals surface area (Å²) in [4.78, 5) is 11.9. The molecule has 1 aromatic carbocycles. The molecule has 5 nitrogen and oxygen atoms in total. The van der Waals surface area contributed by atoms with Crippen LogP contribution in [-0.4, -0.2) is 16.3 Å². The van der Waals surface area contributed by atoms with Crippen molar-refractivity contribution in [2.24, 2.45) is 0 Å². The molecule has 120 valence electrons. The summed E-state index contributed by atoms with van der Waals surface area (Å²) >= 11 is 0. The first-order valence-electron chi connectivity index (χ1n) is 7.84. The highest BCUT2D eigenvalue weighted by atomic mass is 16.6. The van der Waals surface area contributed by atoms with Gasteiger partial charge in [0.15, 0.2) is 11.0 Å². The summed E-state index contributed by atoms with van der Waals surface area (Å²) in [5, 5.41) is 2.86. The molecule has 0 unspecified atom stereocenters. The Balaban J connectivity index is 2.29. The third-order valence-corrected chi connectivity index (χ3v) is 3.51. The second-order valence-electron chi connectivity index (χ2n) is 6.25. The number of alkyl carbamates (subject to hydrolysis) is 1. The fourth-order valence-electron chi connectivity index (χ4n) is 2.71. The van der Waals surface area contributed by atoms with E-state index in [1.807, 2.05) is 32.9 Å². The van der Waals surface area contributed by atoms with E-state index in [9.17, 15) is 4.79 Å². The van der Waals surface area contributed by atoms with Crippen LogP contribution in [-0.2, 0) is 24.4 Å². The van der Waals surface area contributed by atoms with Crippen LogP contribution in [0.15, 0.2) is 24.3 Å². The number of hydrogen-bond acceptors (Lipinski definition) is 2. The van der Waals surface area contributed by atoms with E-state index in [4.69, 9.17) is 4.74 Å². The third-order valence-electron chi connectivity index (χ3n) is 3.51. The Morgan fingerprint density at radius 1 is 1.27 bits per heavy atom. The normalized spacial score (nSPS) is 11.7. The number of rotatable bonds is 4. The Labute approximate surface area is 131 Å². The largest absolute Gasteiger partial charge is 0.444 e. The van der Waals surface area contributed by atoms with Gasteiger partial charge in [-0.25, -0.2) is 13.9 Å². The van der Waals surface area contributed by atoms with Crippen molar-refractivity contribution in [1.82, 2.24) is 9.88 Å². The first kappa shape index (κ1) is 16.3. The SMILES string of the molecule is CCn1c(CNC(=O)OC(C)(C)C)[n+](CC)c2ccccc21. The summed E-state index contributed by atoms with van der Waals surface area (Å²) in [6.45, 7) is 12.0. The van der Waals surface area contributed by atoms with Crippen LogP contribution < -0.4 is 9.88 Å². The van der Waals surface area contributed by atoms with Crippen LogP contribution in [0.2, 0.25) is 0 Å². The van der Waals surface area contributed by atoms with Gasteiger partial charge in [-0.2, -0.15) is 0 Å². The van der Waals surface area contributed by atoms with Crippen molar-refractivity contribution in [1.29, 1.82) is 0 Å². The molecular formula is C17H26N3O2+. The van der Waals surface area contributed by atoms with Gasteiger partial charge in [0.2, 0.25) is 0 Å². The number of carbonyl (C=O) groups is 1. The zero-order valence-electron chi connectivity index (χ0n) is 14.1. The molecule has 0 saturated carbocycles. The second-order valence-corrected chi connectivity index (χ2v) is 6.25. The maximum absolute atomic E-state index is 11.9. The number of nitrogens with zero attached hydrogens (tertiary/aromatic N) is 2. The summed E-state index contributed by atoms with van der Waals surface area (Å²) in [5.41, 5.74) is 1.89. The number of fused-ring (bicyclic) bond motifs is 1. The Bertz CT molecular complexity index is 627. The van der Waals surface area contributed by atoms with Crippen molar-refractivity contribution in [3.05, 3.63) is 30.1 Å². The summed E-state index contributed by atoms with van der Waals surface area (Å²) in [6, 6.07) is 8.31. The molecule has 1 N–H and O–H groups in total. The average Bonchev–Trinajstić information content (AvgIpc) is 2.75. The van der Waals surface area contributed by atoms with Crippen molar-refractivity contribution in [3.63, 3.8) is 0 Å². The number of para-hydroxylation sites is 2. The van der Waals surface area contributed by atoms with Crippen LogP contribution in [0.3, 0.4) is 0 Å². The van der Waals surface area contributed by atoms with Crippen LogP contribution in [0, 0.1) is 0 Å². The fraction of sp³-hybridized carbons (Fsp3) is 0.529. The highest BCUT2D eigenvalue weighted by Gasteiger charge is 2.24. The van der Waals surface area contributed by atoms with Crippen LogP contribution >= 0.6 is 0 Å². The molecule has 0 radical (unpaired) electrons. The molecule has 0 fully saturated rings. The monoisotopic (exact) mass is 304 g/mol. The average molecular weight is 304 g/mol. The highest BCUT2D eigenvalue weighted by Crippen LogP contribution is 2.15. The van der Waals surface area contributed by atoms with Crippen molar-refractivity contribution >= 4 is 17.1 Å². The van der Waals surface area contributed by atoms with Gasteiger partial charge in [-0.15, -0.1) is 0 Å². The van der Waals surface area contributed by atoms with Crippen molar-refractivity contribution < 1.29 is 14.1 Å². The quantitative estimate of drug-likeness (QED) is 0.883. The number of carbonyl (C=O) groups excluding carboxylic acids is 1. The van der Waals surface area contributed by atoms with E-state index in [-0.39, 0.29) is 6.09 Å². The summed E-state index contributed by atoms with van der Waals surface area (Å²) in [6.07, 6.45) is -0.386. The molecule has 0 saturated heterocycles. The van der Waals surface area contributed by atoms with E-state index in [0.29, 0.717) is 6.54 Å². The second kappa shape index (κ2) is 6.38. The molecular weight excluding hydrogens is 278 g/mol. The summed E-state index contributed by atoms with van der Waals surface area (Å²) < 4.78 is 9.78. The van der Waals surface area contributed by atoms with Crippen LogP contribution in [0.1, 0.15) is 40.4 Å². The Morgan fingerprint density at radius 2 is 1.95 bits per heavy atom. The molecule has 0 atom stereocenters.